The second-order valence-corrected chi connectivity index (χ2v) is 14.6. The number of amides is 3. The van der Waals surface area contributed by atoms with Gasteiger partial charge in [-0.15, -0.1) is 24.9 Å². The van der Waals surface area contributed by atoms with E-state index in [2.05, 4.69) is 25.0 Å². The largest absolute Gasteiger partial charge is 0.494 e. The van der Waals surface area contributed by atoms with E-state index in [-0.39, 0.29) is 35.5 Å². The summed E-state index contributed by atoms with van der Waals surface area (Å²) >= 11 is 1.71. The van der Waals surface area contributed by atoms with E-state index < -0.39 is 22.6 Å². The van der Waals surface area contributed by atoms with Gasteiger partial charge in [-0.25, -0.2) is 0 Å². The Hall–Kier alpha value is -2.86. The van der Waals surface area contributed by atoms with Gasteiger partial charge in [-0.3, -0.25) is 19.3 Å². The standard InChI is InChI=1S/C36H52N4O6S/c1-5-15-38(19-18-37-20-23-45-24-21-37)35(44)32-36-26(4)25-29(47-36)30(31(36)34(43)40(32)17-9-8-10-22-41)33(42)39(16-6-2)27-11-13-28(14-12-27)46-7-3/h5-6,11-14,26,29-32,41H,1-2,7-10,15-25H2,3-4H3/t26?,29-,30+,31-,32?,36?/m0/s1. The number of carbonyl (C=O) groups excluding carboxylic acids is 3. The molecule has 0 aliphatic carbocycles. The predicted octanol–water partition coefficient (Wildman–Crippen LogP) is 3.45. The lowest BCUT2D eigenvalue weighted by molar-refractivity contribution is -0.142. The second kappa shape index (κ2) is 16.0. The van der Waals surface area contributed by atoms with Gasteiger partial charge in [0.2, 0.25) is 17.7 Å². The Labute approximate surface area is 284 Å². The maximum atomic E-state index is 14.8. The molecule has 1 aromatic rings. The molecule has 0 radical (unpaired) electrons. The Morgan fingerprint density at radius 2 is 1.81 bits per heavy atom. The predicted molar refractivity (Wildman–Crippen MR) is 186 cm³/mol. The molecule has 1 N–H and O–H groups in total. The van der Waals surface area contributed by atoms with Gasteiger partial charge in [0, 0.05) is 63.4 Å². The van der Waals surface area contributed by atoms with E-state index in [0.29, 0.717) is 58.8 Å². The molecule has 11 heteroatoms. The summed E-state index contributed by atoms with van der Waals surface area (Å²) in [5.41, 5.74) is 0.729. The molecule has 4 aliphatic rings. The molecule has 4 aliphatic heterocycles. The molecule has 3 amide bonds. The molecule has 3 unspecified atom stereocenters. The monoisotopic (exact) mass is 668 g/mol. The van der Waals surface area contributed by atoms with Crippen LogP contribution in [0.5, 0.6) is 5.75 Å². The molecule has 4 saturated heterocycles. The van der Waals surface area contributed by atoms with Crippen molar-refractivity contribution in [2.24, 2.45) is 17.8 Å². The van der Waals surface area contributed by atoms with Crippen LogP contribution in [0.15, 0.2) is 49.6 Å². The normalized spacial score (nSPS) is 28.3. The van der Waals surface area contributed by atoms with Crippen LogP contribution in [0.1, 0.15) is 39.5 Å². The molecule has 1 aromatic carbocycles. The molecule has 0 aromatic heterocycles. The summed E-state index contributed by atoms with van der Waals surface area (Å²) in [6.07, 6.45) is 6.32. The Morgan fingerprint density at radius 3 is 2.47 bits per heavy atom. The number of aliphatic hydroxyl groups is 1. The highest BCUT2D eigenvalue weighted by molar-refractivity contribution is 8.02. The van der Waals surface area contributed by atoms with Crippen LogP contribution in [0.4, 0.5) is 5.69 Å². The molecule has 4 fully saturated rings. The van der Waals surface area contributed by atoms with Crippen LogP contribution in [-0.4, -0.2) is 126 Å². The average Bonchev–Trinajstić information content (AvgIpc) is 3.67. The molecular weight excluding hydrogens is 616 g/mol. The van der Waals surface area contributed by atoms with E-state index in [1.807, 2.05) is 36.1 Å². The van der Waals surface area contributed by atoms with Gasteiger partial charge in [0.25, 0.3) is 0 Å². The van der Waals surface area contributed by atoms with Gasteiger partial charge in [-0.1, -0.05) is 19.1 Å². The summed E-state index contributed by atoms with van der Waals surface area (Å²) < 4.78 is 10.4. The van der Waals surface area contributed by atoms with Crippen molar-refractivity contribution in [1.82, 2.24) is 14.7 Å². The van der Waals surface area contributed by atoms with Crippen LogP contribution in [0, 0.1) is 17.8 Å². The van der Waals surface area contributed by atoms with Gasteiger partial charge in [0.1, 0.15) is 11.8 Å². The third kappa shape index (κ3) is 7.00. The number of morpholine rings is 1. The summed E-state index contributed by atoms with van der Waals surface area (Å²) in [4.78, 5) is 51.8. The average molecular weight is 669 g/mol. The number of thioether (sulfide) groups is 1. The highest BCUT2D eigenvalue weighted by Gasteiger charge is 2.76. The van der Waals surface area contributed by atoms with Crippen LogP contribution >= 0.6 is 11.8 Å². The topological polar surface area (TPSA) is 103 Å². The number of nitrogens with zero attached hydrogens (tertiary/aromatic N) is 4. The molecule has 6 atom stereocenters. The number of rotatable bonds is 17. The van der Waals surface area contributed by atoms with E-state index in [1.165, 1.54) is 0 Å². The number of ether oxygens (including phenoxy) is 2. The minimum absolute atomic E-state index is 0.0567. The number of hydrogen-bond acceptors (Lipinski definition) is 8. The number of benzene rings is 1. The fourth-order valence-corrected chi connectivity index (χ4v) is 10.5. The zero-order chi connectivity index (χ0) is 33.6. The lowest BCUT2D eigenvalue weighted by atomic mass is 9.65. The van der Waals surface area contributed by atoms with Crippen LogP contribution in [0.3, 0.4) is 0 Å². The van der Waals surface area contributed by atoms with Crippen molar-refractivity contribution >= 4 is 35.2 Å². The van der Waals surface area contributed by atoms with Crippen LogP contribution < -0.4 is 9.64 Å². The maximum absolute atomic E-state index is 14.8. The minimum atomic E-state index is -0.701. The zero-order valence-electron chi connectivity index (χ0n) is 28.1. The molecular formula is C36H52N4O6S. The molecule has 10 nitrogen and oxygen atoms in total. The molecule has 4 heterocycles. The Bertz CT molecular complexity index is 1270. The number of likely N-dealkylation sites (tertiary alicyclic amines) is 1. The van der Waals surface area contributed by atoms with Crippen LogP contribution in [0.2, 0.25) is 0 Å². The highest BCUT2D eigenvalue weighted by atomic mass is 32.2. The highest BCUT2D eigenvalue weighted by Crippen LogP contribution is 2.69. The fraction of sp³-hybridized carbons (Fsp3) is 0.639. The molecule has 1 spiro atoms. The lowest BCUT2D eigenvalue weighted by Gasteiger charge is -2.41. The van der Waals surface area contributed by atoms with Crippen molar-refractivity contribution in [3.63, 3.8) is 0 Å². The molecule has 5 rings (SSSR count). The number of hydrogen-bond donors (Lipinski definition) is 1. The third-order valence-corrected chi connectivity index (χ3v) is 12.4. The number of aliphatic hydroxyl groups excluding tert-OH is 1. The minimum Gasteiger partial charge on any atom is -0.494 e. The summed E-state index contributed by atoms with van der Waals surface area (Å²) in [6, 6.07) is 6.80. The van der Waals surface area contributed by atoms with Gasteiger partial charge in [-0.2, -0.15) is 0 Å². The summed E-state index contributed by atoms with van der Waals surface area (Å²) in [5, 5.41) is 9.34. The first-order valence-corrected chi connectivity index (χ1v) is 18.1. The van der Waals surface area contributed by atoms with E-state index in [0.717, 1.165) is 43.9 Å². The van der Waals surface area contributed by atoms with Gasteiger partial charge >= 0.3 is 0 Å². The quantitative estimate of drug-likeness (QED) is 0.199. The van der Waals surface area contributed by atoms with Crippen molar-refractivity contribution in [2.75, 3.05) is 77.1 Å². The van der Waals surface area contributed by atoms with Gasteiger partial charge in [0.05, 0.1) is 36.4 Å². The first kappa shape index (κ1) is 35.4. The summed E-state index contributed by atoms with van der Waals surface area (Å²) in [5.74, 6) is -0.581. The second-order valence-electron chi connectivity index (χ2n) is 13.1. The van der Waals surface area contributed by atoms with E-state index >= 15 is 0 Å². The molecule has 0 saturated carbocycles. The van der Waals surface area contributed by atoms with Gasteiger partial charge < -0.3 is 29.3 Å². The van der Waals surface area contributed by atoms with Crippen LogP contribution in [0.25, 0.3) is 0 Å². The number of unbranched alkanes of at least 4 members (excludes halogenated alkanes) is 2. The fourth-order valence-electron chi connectivity index (χ4n) is 8.12. The molecule has 47 heavy (non-hydrogen) atoms. The number of fused-ring (bicyclic) bond motifs is 1. The Kier molecular flexibility index (Phi) is 12.1. The third-order valence-electron chi connectivity index (χ3n) is 10.3. The van der Waals surface area contributed by atoms with E-state index in [9.17, 15) is 19.5 Å². The van der Waals surface area contributed by atoms with E-state index in [1.54, 1.807) is 33.7 Å². The first-order valence-electron chi connectivity index (χ1n) is 17.3. The first-order chi connectivity index (χ1) is 22.8. The van der Waals surface area contributed by atoms with Crippen molar-refractivity contribution < 1.29 is 29.0 Å². The van der Waals surface area contributed by atoms with Crippen molar-refractivity contribution in [2.45, 2.75) is 55.6 Å². The summed E-state index contributed by atoms with van der Waals surface area (Å²) in [7, 11) is 0. The number of carbonyl (C=O) groups is 3. The van der Waals surface area contributed by atoms with Crippen molar-refractivity contribution in [1.29, 1.82) is 0 Å². The SMILES string of the molecule is C=CCN(CCN1CCOCC1)C(=O)C1N(CCCCCO)C(=O)[C@@H]2[C@H](C(=O)N(CC=C)c3ccc(OCC)cc3)[C@@H]3CC(C)C12S3. The van der Waals surface area contributed by atoms with Crippen LogP contribution in [-0.2, 0) is 19.1 Å². The molecule has 2 bridgehead atoms. The Morgan fingerprint density at radius 1 is 1.09 bits per heavy atom. The van der Waals surface area contributed by atoms with Gasteiger partial charge in [-0.05, 0) is 62.8 Å². The van der Waals surface area contributed by atoms with Crippen molar-refractivity contribution in [3.8, 4) is 5.75 Å². The van der Waals surface area contributed by atoms with E-state index in [4.69, 9.17) is 9.47 Å². The maximum Gasteiger partial charge on any atom is 0.247 e. The molecule has 258 valence electrons. The summed E-state index contributed by atoms with van der Waals surface area (Å²) in [6.45, 7) is 18.0. The zero-order valence-corrected chi connectivity index (χ0v) is 28.9. The smallest absolute Gasteiger partial charge is 0.247 e. The van der Waals surface area contributed by atoms with Gasteiger partial charge in [0.15, 0.2) is 0 Å². The Balaban J connectivity index is 1.47. The van der Waals surface area contributed by atoms with Crippen molar-refractivity contribution in [3.05, 3.63) is 49.6 Å². The lowest BCUT2D eigenvalue weighted by Crippen LogP contribution is -2.58. The number of anilines is 1.